The first-order valence-electron chi connectivity index (χ1n) is 16.6. The summed E-state index contributed by atoms with van der Waals surface area (Å²) in [6.07, 6.45) is 0.937. The maximum Gasteiger partial charge on any atom is 0.138 e. The highest BCUT2D eigenvalue weighted by atomic mass is 15.1. The molecule has 0 amide bonds. The summed E-state index contributed by atoms with van der Waals surface area (Å²) < 4.78 is 2.40. The second-order valence-corrected chi connectivity index (χ2v) is 12.7. The van der Waals surface area contributed by atoms with E-state index in [1.165, 1.54) is 77.4 Å². The molecule has 0 radical (unpaired) electrons. The lowest BCUT2D eigenvalue weighted by Gasteiger charge is -2.14. The molecule has 0 fully saturated rings. The third-order valence-corrected chi connectivity index (χ3v) is 10.1. The Morgan fingerprint density at radius 2 is 1.06 bits per heavy atom. The highest BCUT2D eigenvalue weighted by Gasteiger charge is 2.25. The zero-order valence-electron chi connectivity index (χ0n) is 26.3. The molecule has 0 saturated carbocycles. The average molecular weight is 611 g/mol. The Hall–Kier alpha value is -6.25. The first kappa shape index (κ1) is 26.9. The van der Waals surface area contributed by atoms with Gasteiger partial charge in [-0.3, -0.25) is 4.57 Å². The van der Waals surface area contributed by atoms with E-state index in [1.54, 1.807) is 0 Å². The summed E-state index contributed by atoms with van der Waals surface area (Å²) in [4.78, 5) is 5.37. The molecule has 0 N–H and O–H groups in total. The van der Waals surface area contributed by atoms with Crippen LogP contribution in [-0.2, 0) is 6.42 Å². The SMILES string of the molecule is c1ccc(-c2ccc(-c3cc(-n4c5cc(-c6ccccc6)ccc5c5c6c(ccc54)-c4ccccc4C6)nc4ccccc34)cc2)cc1. The first-order chi connectivity index (χ1) is 23.8. The van der Waals surface area contributed by atoms with Gasteiger partial charge >= 0.3 is 0 Å². The van der Waals surface area contributed by atoms with Crippen LogP contribution >= 0.6 is 0 Å². The van der Waals surface area contributed by atoms with Crippen molar-refractivity contribution in [2.45, 2.75) is 6.42 Å². The van der Waals surface area contributed by atoms with Gasteiger partial charge in [-0.25, -0.2) is 4.98 Å². The number of rotatable bonds is 4. The maximum atomic E-state index is 5.37. The summed E-state index contributed by atoms with van der Waals surface area (Å²) in [7, 11) is 0. The molecule has 2 nitrogen and oxygen atoms in total. The number of pyridine rings is 1. The second kappa shape index (κ2) is 10.7. The number of aromatic nitrogens is 2. The van der Waals surface area contributed by atoms with E-state index in [1.807, 2.05) is 0 Å². The molecule has 0 atom stereocenters. The zero-order chi connectivity index (χ0) is 31.6. The number of para-hydroxylation sites is 1. The molecule has 48 heavy (non-hydrogen) atoms. The van der Waals surface area contributed by atoms with Crippen molar-refractivity contribution in [2.24, 2.45) is 0 Å². The van der Waals surface area contributed by atoms with Crippen molar-refractivity contribution in [2.75, 3.05) is 0 Å². The molecule has 224 valence electrons. The molecule has 2 heteroatoms. The molecule has 0 aliphatic heterocycles. The van der Waals surface area contributed by atoms with Crippen molar-refractivity contribution >= 4 is 32.7 Å². The van der Waals surface area contributed by atoms with Crippen LogP contribution in [0, 0.1) is 0 Å². The molecule has 0 unspecified atom stereocenters. The molecule has 2 heterocycles. The molecule has 0 spiro atoms. The van der Waals surface area contributed by atoms with Crippen molar-refractivity contribution in [1.29, 1.82) is 0 Å². The number of nitrogens with zero attached hydrogens (tertiary/aromatic N) is 2. The molecule has 7 aromatic carbocycles. The Kier molecular flexibility index (Phi) is 5.97. The van der Waals surface area contributed by atoms with Gasteiger partial charge in [0.15, 0.2) is 0 Å². The van der Waals surface area contributed by atoms with Gasteiger partial charge in [-0.05, 0) is 86.3 Å². The Labute approximate surface area is 279 Å². The summed E-state index contributed by atoms with van der Waals surface area (Å²) in [5, 5.41) is 3.73. The largest absolute Gasteiger partial charge is 0.294 e. The van der Waals surface area contributed by atoms with Gasteiger partial charge in [0.2, 0.25) is 0 Å². The zero-order valence-corrected chi connectivity index (χ0v) is 26.3. The lowest BCUT2D eigenvalue weighted by atomic mass is 9.98. The van der Waals surface area contributed by atoms with Gasteiger partial charge in [0, 0.05) is 16.2 Å². The predicted molar refractivity (Wildman–Crippen MR) is 201 cm³/mol. The van der Waals surface area contributed by atoms with Gasteiger partial charge in [-0.15, -0.1) is 0 Å². The lowest BCUT2D eigenvalue weighted by Crippen LogP contribution is -1.99. The minimum atomic E-state index is 0.927. The summed E-state index contributed by atoms with van der Waals surface area (Å²) >= 11 is 0. The Bertz CT molecular complexity index is 2670. The molecule has 1 aliphatic carbocycles. The quantitative estimate of drug-likeness (QED) is 0.194. The second-order valence-electron chi connectivity index (χ2n) is 12.7. The van der Waals surface area contributed by atoms with Crippen molar-refractivity contribution in [1.82, 2.24) is 9.55 Å². The van der Waals surface area contributed by atoms with E-state index in [9.17, 15) is 0 Å². The van der Waals surface area contributed by atoms with Gasteiger partial charge in [-0.1, -0.05) is 146 Å². The van der Waals surface area contributed by atoms with Crippen LogP contribution in [0.25, 0.3) is 83.0 Å². The van der Waals surface area contributed by atoms with Crippen LogP contribution in [-0.4, -0.2) is 9.55 Å². The van der Waals surface area contributed by atoms with E-state index >= 15 is 0 Å². The molecule has 9 aromatic rings. The summed E-state index contributed by atoms with van der Waals surface area (Å²) in [5.74, 6) is 0.927. The van der Waals surface area contributed by atoms with Crippen LogP contribution in [0.3, 0.4) is 0 Å². The topological polar surface area (TPSA) is 17.8 Å². The Morgan fingerprint density at radius 1 is 0.417 bits per heavy atom. The fourth-order valence-electron chi connectivity index (χ4n) is 7.79. The van der Waals surface area contributed by atoms with E-state index in [-0.39, 0.29) is 0 Å². The average Bonchev–Trinajstić information content (AvgIpc) is 3.70. The maximum absolute atomic E-state index is 5.37. The van der Waals surface area contributed by atoms with Crippen LogP contribution in [0.5, 0.6) is 0 Å². The van der Waals surface area contributed by atoms with Gasteiger partial charge in [-0.2, -0.15) is 0 Å². The summed E-state index contributed by atoms with van der Waals surface area (Å²) in [5.41, 5.74) is 16.0. The molecule has 0 saturated heterocycles. The molecule has 2 aromatic heterocycles. The van der Waals surface area contributed by atoms with E-state index in [0.29, 0.717) is 0 Å². The van der Waals surface area contributed by atoms with Crippen molar-refractivity contribution in [3.05, 3.63) is 181 Å². The van der Waals surface area contributed by atoms with Gasteiger partial charge in [0.1, 0.15) is 5.82 Å². The van der Waals surface area contributed by atoms with Crippen molar-refractivity contribution < 1.29 is 0 Å². The van der Waals surface area contributed by atoms with Crippen LogP contribution < -0.4 is 0 Å². The number of benzene rings is 7. The van der Waals surface area contributed by atoms with Crippen LogP contribution in [0.15, 0.2) is 170 Å². The first-order valence-corrected chi connectivity index (χ1v) is 16.6. The minimum Gasteiger partial charge on any atom is -0.294 e. The molecular formula is C46H30N2. The van der Waals surface area contributed by atoms with Gasteiger partial charge in [0.05, 0.1) is 16.6 Å². The monoisotopic (exact) mass is 610 g/mol. The van der Waals surface area contributed by atoms with Gasteiger partial charge in [0.25, 0.3) is 0 Å². The van der Waals surface area contributed by atoms with Crippen LogP contribution in [0.2, 0.25) is 0 Å². The smallest absolute Gasteiger partial charge is 0.138 e. The van der Waals surface area contributed by atoms with E-state index in [2.05, 4.69) is 174 Å². The van der Waals surface area contributed by atoms with Crippen LogP contribution in [0.4, 0.5) is 0 Å². The molecule has 0 bridgehead atoms. The van der Waals surface area contributed by atoms with E-state index in [4.69, 9.17) is 4.98 Å². The molecule has 1 aliphatic rings. The Morgan fingerprint density at radius 3 is 1.88 bits per heavy atom. The van der Waals surface area contributed by atoms with Crippen LogP contribution in [0.1, 0.15) is 11.1 Å². The normalized spacial score (nSPS) is 12.1. The van der Waals surface area contributed by atoms with E-state index < -0.39 is 0 Å². The fourth-order valence-corrected chi connectivity index (χ4v) is 7.79. The van der Waals surface area contributed by atoms with E-state index in [0.717, 1.165) is 23.1 Å². The predicted octanol–water partition coefficient (Wildman–Crippen LogP) is 11.9. The highest BCUT2D eigenvalue weighted by Crippen LogP contribution is 2.45. The van der Waals surface area contributed by atoms with Gasteiger partial charge < -0.3 is 0 Å². The number of fused-ring (bicyclic) bond motifs is 8. The highest BCUT2D eigenvalue weighted by molar-refractivity contribution is 6.14. The number of hydrogen-bond donors (Lipinski definition) is 0. The fraction of sp³-hybridized carbons (Fsp3) is 0.0217. The summed E-state index contributed by atoms with van der Waals surface area (Å²) in [6, 6.07) is 61.4. The van der Waals surface area contributed by atoms with Crippen molar-refractivity contribution in [3.8, 4) is 50.3 Å². The third kappa shape index (κ3) is 4.16. The lowest BCUT2D eigenvalue weighted by molar-refractivity contribution is 1.10. The molecule has 10 rings (SSSR count). The minimum absolute atomic E-state index is 0.927. The Balaban J connectivity index is 1.24. The number of hydrogen-bond acceptors (Lipinski definition) is 1. The standard InChI is InChI=1S/C46H30N2/c1-3-11-30(12-4-1)32-19-21-33(22-20-32)40-29-45(47-42-18-10-9-17-38(40)42)48-43-26-25-37-36-16-8-7-15-35(36)27-41(37)46(43)39-24-23-34(28-44(39)48)31-13-5-2-6-14-31/h1-26,28-29H,27H2. The molecular weight excluding hydrogens is 581 g/mol. The van der Waals surface area contributed by atoms with Crippen molar-refractivity contribution in [3.63, 3.8) is 0 Å². The summed E-state index contributed by atoms with van der Waals surface area (Å²) in [6.45, 7) is 0. The third-order valence-electron chi connectivity index (χ3n) is 10.1.